The number of hydrogen-bond acceptors (Lipinski definition) is 6. The molecular formula is C14H29NO5. The third-order valence-corrected chi connectivity index (χ3v) is 3.24. The number of hydrogen-bond donors (Lipinski definition) is 4. The lowest BCUT2D eigenvalue weighted by Gasteiger charge is -2.42. The molecule has 1 aliphatic heterocycles. The predicted octanol–water partition coefficient (Wildman–Crippen LogP) is -0.288. The van der Waals surface area contributed by atoms with Crippen LogP contribution in [0.25, 0.3) is 0 Å². The van der Waals surface area contributed by atoms with Crippen LogP contribution in [0.4, 0.5) is 0 Å². The van der Waals surface area contributed by atoms with Crippen LogP contribution in [0.1, 0.15) is 27.7 Å². The first-order valence-corrected chi connectivity index (χ1v) is 7.34. The molecule has 0 bridgehead atoms. The van der Waals surface area contributed by atoms with Gasteiger partial charge in [-0.25, -0.2) is 0 Å². The summed E-state index contributed by atoms with van der Waals surface area (Å²) >= 11 is 0. The van der Waals surface area contributed by atoms with E-state index in [1.165, 1.54) is 0 Å². The van der Waals surface area contributed by atoms with Gasteiger partial charge in [0.15, 0.2) is 6.29 Å². The van der Waals surface area contributed by atoms with Crippen molar-refractivity contribution in [3.63, 3.8) is 0 Å². The molecule has 1 unspecified atom stereocenters. The molecule has 1 rings (SSSR count). The molecule has 0 radical (unpaired) electrons. The van der Waals surface area contributed by atoms with Crippen molar-refractivity contribution in [1.29, 1.82) is 0 Å². The van der Waals surface area contributed by atoms with Gasteiger partial charge in [0.25, 0.3) is 0 Å². The van der Waals surface area contributed by atoms with Crippen molar-refractivity contribution in [2.75, 3.05) is 19.8 Å². The quantitative estimate of drug-likeness (QED) is 0.515. The standard InChI is InChI=1S/C14H29NO5/c1-8(2)5-15-11-13(18)12(17)10(6-16)20-14(11)19-7-9(3)4/h8-18H,5-7H2,1-4H3/t10-,11-,12-,13-,14?/m1/s1. The maximum absolute atomic E-state index is 10.2. The smallest absolute Gasteiger partial charge is 0.175 e. The normalized spacial score (nSPS) is 35.0. The number of aliphatic hydroxyl groups is 3. The summed E-state index contributed by atoms with van der Waals surface area (Å²) in [6.07, 6.45) is -3.65. The summed E-state index contributed by atoms with van der Waals surface area (Å²) in [5, 5.41) is 32.5. The largest absolute Gasteiger partial charge is 0.394 e. The highest BCUT2D eigenvalue weighted by atomic mass is 16.7. The molecule has 1 heterocycles. The van der Waals surface area contributed by atoms with Gasteiger partial charge >= 0.3 is 0 Å². The third-order valence-electron chi connectivity index (χ3n) is 3.24. The van der Waals surface area contributed by atoms with Crippen molar-refractivity contribution in [3.8, 4) is 0 Å². The Kier molecular flexibility index (Phi) is 7.36. The maximum Gasteiger partial charge on any atom is 0.175 e. The average molecular weight is 291 g/mol. The van der Waals surface area contributed by atoms with E-state index in [9.17, 15) is 15.3 Å². The molecule has 1 saturated heterocycles. The molecular weight excluding hydrogens is 262 g/mol. The molecule has 0 aliphatic carbocycles. The van der Waals surface area contributed by atoms with E-state index in [1.54, 1.807) is 0 Å². The molecule has 0 aromatic heterocycles. The zero-order valence-corrected chi connectivity index (χ0v) is 12.8. The van der Waals surface area contributed by atoms with Crippen LogP contribution in [-0.2, 0) is 9.47 Å². The predicted molar refractivity (Wildman–Crippen MR) is 75.2 cm³/mol. The Balaban J connectivity index is 2.70. The lowest BCUT2D eigenvalue weighted by Crippen LogP contribution is -2.64. The number of rotatable bonds is 7. The third kappa shape index (κ3) is 4.95. The summed E-state index contributed by atoms with van der Waals surface area (Å²) in [6, 6.07) is -0.506. The van der Waals surface area contributed by atoms with E-state index in [4.69, 9.17) is 9.47 Å². The lowest BCUT2D eigenvalue weighted by atomic mass is 9.96. The summed E-state index contributed by atoms with van der Waals surface area (Å²) in [4.78, 5) is 0. The molecule has 6 nitrogen and oxygen atoms in total. The van der Waals surface area contributed by atoms with Gasteiger partial charge in [-0.15, -0.1) is 0 Å². The van der Waals surface area contributed by atoms with Gasteiger partial charge < -0.3 is 30.1 Å². The monoisotopic (exact) mass is 291 g/mol. The highest BCUT2D eigenvalue weighted by Crippen LogP contribution is 2.22. The van der Waals surface area contributed by atoms with Gasteiger partial charge in [0, 0.05) is 0 Å². The first-order chi connectivity index (χ1) is 9.36. The van der Waals surface area contributed by atoms with Crippen LogP contribution in [0, 0.1) is 11.8 Å². The fraction of sp³-hybridized carbons (Fsp3) is 1.00. The molecule has 120 valence electrons. The molecule has 0 aromatic carbocycles. The molecule has 5 atom stereocenters. The van der Waals surface area contributed by atoms with Crippen LogP contribution in [0.5, 0.6) is 0 Å². The van der Waals surface area contributed by atoms with Crippen molar-refractivity contribution in [1.82, 2.24) is 5.32 Å². The van der Waals surface area contributed by atoms with Crippen molar-refractivity contribution in [3.05, 3.63) is 0 Å². The molecule has 0 amide bonds. The second-order valence-corrected chi connectivity index (χ2v) is 6.26. The highest BCUT2D eigenvalue weighted by Gasteiger charge is 2.44. The van der Waals surface area contributed by atoms with Gasteiger partial charge in [0.1, 0.15) is 18.3 Å². The summed E-state index contributed by atoms with van der Waals surface area (Å²) < 4.78 is 11.2. The second-order valence-electron chi connectivity index (χ2n) is 6.26. The Hall–Kier alpha value is -0.240. The zero-order chi connectivity index (χ0) is 15.3. The van der Waals surface area contributed by atoms with Crippen LogP contribution < -0.4 is 5.32 Å². The number of aliphatic hydroxyl groups excluding tert-OH is 3. The summed E-state index contributed by atoms with van der Waals surface area (Å²) in [6.45, 7) is 8.98. The highest BCUT2D eigenvalue weighted by molar-refractivity contribution is 4.93. The lowest BCUT2D eigenvalue weighted by molar-refractivity contribution is -0.273. The number of ether oxygens (including phenoxy) is 2. The molecule has 0 saturated carbocycles. The minimum Gasteiger partial charge on any atom is -0.394 e. The first-order valence-electron chi connectivity index (χ1n) is 7.34. The van der Waals surface area contributed by atoms with Crippen LogP contribution in [-0.4, -0.2) is 65.7 Å². The fourth-order valence-corrected chi connectivity index (χ4v) is 2.10. The van der Waals surface area contributed by atoms with E-state index in [1.807, 2.05) is 13.8 Å². The first kappa shape index (κ1) is 17.8. The van der Waals surface area contributed by atoms with Gasteiger partial charge in [-0.2, -0.15) is 0 Å². The van der Waals surface area contributed by atoms with Crippen molar-refractivity contribution in [2.24, 2.45) is 11.8 Å². The molecule has 6 heteroatoms. The van der Waals surface area contributed by atoms with E-state index >= 15 is 0 Å². The van der Waals surface area contributed by atoms with Gasteiger partial charge in [0.05, 0.1) is 19.3 Å². The summed E-state index contributed by atoms with van der Waals surface area (Å²) in [5.74, 6) is 0.738. The Labute approximate surface area is 121 Å². The Morgan fingerprint density at radius 3 is 2.25 bits per heavy atom. The molecule has 0 aromatic rings. The Morgan fingerprint density at radius 1 is 1.10 bits per heavy atom. The molecule has 1 aliphatic rings. The van der Waals surface area contributed by atoms with Gasteiger partial charge in [-0.3, -0.25) is 0 Å². The van der Waals surface area contributed by atoms with Crippen LogP contribution in [0.3, 0.4) is 0 Å². The minimum absolute atomic E-state index is 0.334. The van der Waals surface area contributed by atoms with Gasteiger partial charge in [0.2, 0.25) is 0 Å². The van der Waals surface area contributed by atoms with Crippen LogP contribution >= 0.6 is 0 Å². The van der Waals surface area contributed by atoms with E-state index in [0.717, 1.165) is 0 Å². The van der Waals surface area contributed by atoms with E-state index in [0.29, 0.717) is 25.0 Å². The van der Waals surface area contributed by atoms with Crippen LogP contribution in [0.15, 0.2) is 0 Å². The van der Waals surface area contributed by atoms with E-state index in [-0.39, 0.29) is 6.61 Å². The Bertz CT molecular complexity index is 274. The molecule has 0 spiro atoms. The van der Waals surface area contributed by atoms with E-state index in [2.05, 4.69) is 19.2 Å². The molecule has 20 heavy (non-hydrogen) atoms. The van der Waals surface area contributed by atoms with E-state index < -0.39 is 30.6 Å². The average Bonchev–Trinajstić information content (AvgIpc) is 2.38. The van der Waals surface area contributed by atoms with Crippen molar-refractivity contribution in [2.45, 2.75) is 58.3 Å². The second kappa shape index (κ2) is 8.26. The zero-order valence-electron chi connectivity index (χ0n) is 12.8. The number of nitrogens with one attached hydrogen (secondary N) is 1. The minimum atomic E-state index is -1.12. The SMILES string of the molecule is CC(C)CN[C@H]1C(OCC(C)C)O[C@H](CO)[C@@H](O)[C@@H]1O. The van der Waals surface area contributed by atoms with Gasteiger partial charge in [-0.1, -0.05) is 27.7 Å². The summed E-state index contributed by atoms with van der Waals surface area (Å²) in [5.41, 5.74) is 0. The van der Waals surface area contributed by atoms with Crippen LogP contribution in [0.2, 0.25) is 0 Å². The topological polar surface area (TPSA) is 91.2 Å². The van der Waals surface area contributed by atoms with Crippen molar-refractivity contribution < 1.29 is 24.8 Å². The Morgan fingerprint density at radius 2 is 1.75 bits per heavy atom. The molecule has 1 fully saturated rings. The van der Waals surface area contributed by atoms with Gasteiger partial charge in [-0.05, 0) is 18.4 Å². The van der Waals surface area contributed by atoms with Crippen molar-refractivity contribution >= 4 is 0 Å². The summed E-state index contributed by atoms with van der Waals surface area (Å²) in [7, 11) is 0. The molecule has 4 N–H and O–H groups in total. The maximum atomic E-state index is 10.2. The fourth-order valence-electron chi connectivity index (χ4n) is 2.10.